The number of aryl methyl sites for hydroxylation is 2. The van der Waals surface area contributed by atoms with E-state index in [9.17, 15) is 13.2 Å². The van der Waals surface area contributed by atoms with Gasteiger partial charge in [-0.3, -0.25) is 9.69 Å². The van der Waals surface area contributed by atoms with Gasteiger partial charge in [-0.05, 0) is 12.5 Å². The number of aromatic nitrogens is 2. The predicted molar refractivity (Wildman–Crippen MR) is 118 cm³/mol. The number of carbonyl (C=O) groups excluding carboxylic acids is 1. The van der Waals surface area contributed by atoms with Crippen molar-refractivity contribution in [2.24, 2.45) is 7.05 Å². The zero-order chi connectivity index (χ0) is 21.9. The minimum Gasteiger partial charge on any atom is -0.345 e. The van der Waals surface area contributed by atoms with E-state index in [1.54, 1.807) is 27.9 Å². The molecule has 0 atom stereocenters. The largest absolute Gasteiger partial charge is 0.345 e. The molecule has 0 spiro atoms. The zero-order valence-electron chi connectivity index (χ0n) is 18.2. The van der Waals surface area contributed by atoms with E-state index in [0.717, 1.165) is 36.8 Å². The van der Waals surface area contributed by atoms with Crippen molar-refractivity contribution in [2.75, 3.05) is 39.3 Å². The molecule has 10 heteroatoms. The summed E-state index contributed by atoms with van der Waals surface area (Å²) in [6.07, 6.45) is 2.49. The monoisotopic (exact) mass is 453 g/mol. The van der Waals surface area contributed by atoms with Crippen molar-refractivity contribution >= 4 is 27.3 Å². The van der Waals surface area contributed by atoms with E-state index in [0.29, 0.717) is 31.9 Å². The summed E-state index contributed by atoms with van der Waals surface area (Å²) in [5, 5.41) is 3.26. The number of hydrogen-bond acceptors (Lipinski definition) is 6. The van der Waals surface area contributed by atoms with Crippen LogP contribution in [0.15, 0.2) is 22.5 Å². The molecule has 1 aliphatic heterocycles. The first kappa shape index (κ1) is 22.9. The number of piperazine rings is 1. The molecule has 1 fully saturated rings. The minimum atomic E-state index is -3.58. The zero-order valence-corrected chi connectivity index (χ0v) is 19.8. The molecule has 1 amide bonds. The van der Waals surface area contributed by atoms with E-state index in [1.165, 1.54) is 16.6 Å². The summed E-state index contributed by atoms with van der Waals surface area (Å²) in [5.74, 6) is -0.125. The van der Waals surface area contributed by atoms with E-state index in [1.807, 2.05) is 13.8 Å². The van der Waals surface area contributed by atoms with Gasteiger partial charge in [-0.25, -0.2) is 13.4 Å². The summed E-state index contributed by atoms with van der Waals surface area (Å²) >= 11 is 1.69. The quantitative estimate of drug-likeness (QED) is 0.611. The molecule has 0 N–H and O–H groups in total. The van der Waals surface area contributed by atoms with Crippen LogP contribution < -0.4 is 0 Å². The van der Waals surface area contributed by atoms with Crippen LogP contribution in [0.2, 0.25) is 0 Å². The van der Waals surface area contributed by atoms with Gasteiger partial charge in [0.25, 0.3) is 5.91 Å². The number of nitrogens with zero attached hydrogens (tertiary/aromatic N) is 5. The lowest BCUT2D eigenvalue weighted by atomic mass is 10.2. The summed E-state index contributed by atoms with van der Waals surface area (Å²) in [7, 11) is -1.86. The highest BCUT2D eigenvalue weighted by Gasteiger charge is 2.28. The Morgan fingerprint density at radius 1 is 1.17 bits per heavy atom. The highest BCUT2D eigenvalue weighted by atomic mass is 32.2. The van der Waals surface area contributed by atoms with Crippen LogP contribution in [0.1, 0.15) is 42.0 Å². The normalized spacial score (nSPS) is 15.8. The van der Waals surface area contributed by atoms with Gasteiger partial charge in [0.05, 0.1) is 10.7 Å². The van der Waals surface area contributed by atoms with Gasteiger partial charge in [0.1, 0.15) is 10.6 Å². The molecule has 1 aliphatic rings. The number of amides is 1. The topological polar surface area (TPSA) is 78.8 Å². The number of carbonyl (C=O) groups is 1. The molecule has 0 saturated carbocycles. The van der Waals surface area contributed by atoms with E-state index in [2.05, 4.69) is 22.2 Å². The fourth-order valence-electron chi connectivity index (χ4n) is 3.68. The number of sulfonamides is 1. The molecular formula is C20H31N5O3S2. The average Bonchev–Trinajstić information content (AvgIpc) is 3.35. The van der Waals surface area contributed by atoms with Crippen molar-refractivity contribution in [3.05, 3.63) is 34.0 Å². The standard InChI is InChI=1S/C20H31N5O3S2/c1-5-19-21-16(15-29-19)13-23-8-10-24(11-9-23)20(26)18-12-17(14-22(18)4)30(27,28)25(6-2)7-3/h12,14-15H,5-11,13H2,1-4H3. The van der Waals surface area contributed by atoms with Crippen molar-refractivity contribution in [1.29, 1.82) is 0 Å². The average molecular weight is 454 g/mol. The molecule has 2 aromatic heterocycles. The summed E-state index contributed by atoms with van der Waals surface area (Å²) in [4.78, 5) is 21.9. The fourth-order valence-corrected chi connectivity index (χ4v) is 5.95. The Labute approximate surface area is 183 Å². The first-order chi connectivity index (χ1) is 14.3. The second-order valence-electron chi connectivity index (χ2n) is 7.42. The van der Waals surface area contributed by atoms with Gasteiger partial charge in [0, 0.05) is 64.4 Å². The van der Waals surface area contributed by atoms with Gasteiger partial charge < -0.3 is 9.47 Å². The Kier molecular flexibility index (Phi) is 7.33. The lowest BCUT2D eigenvalue weighted by Gasteiger charge is -2.34. The number of thiazole rings is 1. The second kappa shape index (κ2) is 9.59. The maximum atomic E-state index is 13.0. The summed E-state index contributed by atoms with van der Waals surface area (Å²) in [5.41, 5.74) is 1.49. The highest BCUT2D eigenvalue weighted by Crippen LogP contribution is 2.20. The Morgan fingerprint density at radius 2 is 1.83 bits per heavy atom. The smallest absolute Gasteiger partial charge is 0.270 e. The second-order valence-corrected chi connectivity index (χ2v) is 10.3. The van der Waals surface area contributed by atoms with Crippen LogP contribution in [0.5, 0.6) is 0 Å². The van der Waals surface area contributed by atoms with Crippen LogP contribution >= 0.6 is 11.3 Å². The summed E-state index contributed by atoms with van der Waals surface area (Å²) in [6.45, 7) is 10.1. The van der Waals surface area contributed by atoms with Crippen molar-refractivity contribution in [3.8, 4) is 0 Å². The first-order valence-corrected chi connectivity index (χ1v) is 12.7. The molecule has 0 aromatic carbocycles. The Balaban J connectivity index is 1.64. The predicted octanol–water partition coefficient (Wildman–Crippen LogP) is 2.03. The van der Waals surface area contributed by atoms with Crippen molar-refractivity contribution < 1.29 is 13.2 Å². The molecule has 30 heavy (non-hydrogen) atoms. The van der Waals surface area contributed by atoms with Crippen LogP contribution in [0, 0.1) is 0 Å². The van der Waals surface area contributed by atoms with Crippen molar-refractivity contribution in [1.82, 2.24) is 23.7 Å². The Bertz CT molecular complexity index is 970. The number of hydrogen-bond donors (Lipinski definition) is 0. The highest BCUT2D eigenvalue weighted by molar-refractivity contribution is 7.89. The molecule has 0 radical (unpaired) electrons. The third-order valence-electron chi connectivity index (χ3n) is 5.49. The van der Waals surface area contributed by atoms with Gasteiger partial charge in [0.15, 0.2) is 0 Å². The van der Waals surface area contributed by atoms with E-state index in [4.69, 9.17) is 0 Å². The Hall–Kier alpha value is -1.75. The van der Waals surface area contributed by atoms with Gasteiger partial charge in [-0.15, -0.1) is 11.3 Å². The van der Waals surface area contributed by atoms with E-state index in [-0.39, 0.29) is 10.8 Å². The molecule has 3 heterocycles. The lowest BCUT2D eigenvalue weighted by molar-refractivity contribution is 0.0618. The third-order valence-corrected chi connectivity index (χ3v) is 8.55. The molecule has 166 valence electrons. The maximum absolute atomic E-state index is 13.0. The van der Waals surface area contributed by atoms with Crippen LogP contribution in [-0.2, 0) is 30.0 Å². The first-order valence-electron chi connectivity index (χ1n) is 10.4. The van der Waals surface area contributed by atoms with Gasteiger partial charge in [0.2, 0.25) is 10.0 Å². The third kappa shape index (κ3) is 4.77. The molecule has 0 aliphatic carbocycles. The van der Waals surface area contributed by atoms with Gasteiger partial charge in [-0.2, -0.15) is 4.31 Å². The lowest BCUT2D eigenvalue weighted by Crippen LogP contribution is -2.48. The van der Waals surface area contributed by atoms with Gasteiger partial charge >= 0.3 is 0 Å². The fraction of sp³-hybridized carbons (Fsp3) is 0.600. The van der Waals surface area contributed by atoms with Gasteiger partial charge in [-0.1, -0.05) is 20.8 Å². The van der Waals surface area contributed by atoms with Crippen LogP contribution in [0.25, 0.3) is 0 Å². The Morgan fingerprint density at radius 3 is 2.40 bits per heavy atom. The van der Waals surface area contributed by atoms with E-state index < -0.39 is 10.0 Å². The molecule has 1 saturated heterocycles. The van der Waals surface area contributed by atoms with Crippen LogP contribution in [0.3, 0.4) is 0 Å². The SMILES string of the molecule is CCc1nc(CN2CCN(C(=O)c3cc(S(=O)(=O)N(CC)CC)cn3C)CC2)cs1. The molecule has 8 nitrogen and oxygen atoms in total. The molecule has 0 unspecified atom stereocenters. The summed E-state index contributed by atoms with van der Waals surface area (Å²) < 4.78 is 28.6. The summed E-state index contributed by atoms with van der Waals surface area (Å²) in [6, 6.07) is 1.50. The van der Waals surface area contributed by atoms with Crippen LogP contribution in [-0.4, -0.2) is 77.2 Å². The number of rotatable bonds is 8. The molecule has 2 aromatic rings. The van der Waals surface area contributed by atoms with E-state index >= 15 is 0 Å². The van der Waals surface area contributed by atoms with Crippen molar-refractivity contribution in [3.63, 3.8) is 0 Å². The van der Waals surface area contributed by atoms with Crippen molar-refractivity contribution in [2.45, 2.75) is 38.6 Å². The maximum Gasteiger partial charge on any atom is 0.270 e. The van der Waals surface area contributed by atoms with Crippen LogP contribution in [0.4, 0.5) is 0 Å². The molecule has 0 bridgehead atoms. The minimum absolute atomic E-state index is 0.125. The molecular weight excluding hydrogens is 422 g/mol. The molecule has 3 rings (SSSR count).